The van der Waals surface area contributed by atoms with Gasteiger partial charge in [0.2, 0.25) is 0 Å². The first kappa shape index (κ1) is 13.5. The molecule has 1 aromatic heterocycles. The fourth-order valence-electron chi connectivity index (χ4n) is 1.13. The van der Waals surface area contributed by atoms with Crippen molar-refractivity contribution < 1.29 is 9.84 Å². The molecule has 0 bridgehead atoms. The van der Waals surface area contributed by atoms with Crippen molar-refractivity contribution in [2.75, 3.05) is 19.5 Å². The van der Waals surface area contributed by atoms with Gasteiger partial charge in [-0.25, -0.2) is 0 Å². The highest BCUT2D eigenvalue weighted by molar-refractivity contribution is 7.99. The summed E-state index contributed by atoms with van der Waals surface area (Å²) in [5, 5.41) is 18.4. The van der Waals surface area contributed by atoms with Crippen LogP contribution in [0.1, 0.15) is 20.3 Å². The highest BCUT2D eigenvalue weighted by Crippen LogP contribution is 2.20. The van der Waals surface area contributed by atoms with Gasteiger partial charge < -0.3 is 14.4 Å². The SMILES string of the molecule is COCCCn1cnnc1SCC(C)(C)O. The van der Waals surface area contributed by atoms with E-state index in [0.717, 1.165) is 24.7 Å². The molecule has 5 nitrogen and oxygen atoms in total. The van der Waals surface area contributed by atoms with Crippen LogP contribution in [0.4, 0.5) is 0 Å². The second-order valence-corrected chi connectivity index (χ2v) is 5.20. The Balaban J connectivity index is 2.44. The van der Waals surface area contributed by atoms with Gasteiger partial charge in [-0.1, -0.05) is 11.8 Å². The van der Waals surface area contributed by atoms with E-state index in [2.05, 4.69) is 10.2 Å². The fraction of sp³-hybridized carbons (Fsp3) is 0.800. The summed E-state index contributed by atoms with van der Waals surface area (Å²) in [4.78, 5) is 0. The molecular weight excluding hydrogens is 226 g/mol. The summed E-state index contributed by atoms with van der Waals surface area (Å²) in [6.45, 7) is 5.14. The molecule has 0 saturated carbocycles. The normalized spacial score (nSPS) is 12.0. The third-order valence-electron chi connectivity index (χ3n) is 1.88. The quantitative estimate of drug-likeness (QED) is 0.577. The van der Waals surface area contributed by atoms with Crippen LogP contribution in [-0.2, 0) is 11.3 Å². The molecule has 0 saturated heterocycles. The van der Waals surface area contributed by atoms with Crippen molar-refractivity contribution in [2.45, 2.75) is 37.6 Å². The van der Waals surface area contributed by atoms with E-state index in [9.17, 15) is 5.11 Å². The van der Waals surface area contributed by atoms with Gasteiger partial charge in [-0.15, -0.1) is 10.2 Å². The molecular formula is C10H19N3O2S. The number of hydrogen-bond acceptors (Lipinski definition) is 5. The third kappa shape index (κ3) is 4.96. The maximum atomic E-state index is 9.62. The largest absolute Gasteiger partial charge is 0.390 e. The van der Waals surface area contributed by atoms with Crippen LogP contribution >= 0.6 is 11.8 Å². The van der Waals surface area contributed by atoms with Gasteiger partial charge in [-0.3, -0.25) is 0 Å². The molecule has 1 N–H and O–H groups in total. The zero-order chi connectivity index (χ0) is 12.0. The molecule has 1 rings (SSSR count). The highest BCUT2D eigenvalue weighted by atomic mass is 32.2. The van der Waals surface area contributed by atoms with Gasteiger partial charge in [0.05, 0.1) is 5.60 Å². The average Bonchev–Trinajstić information content (AvgIpc) is 2.62. The molecule has 0 radical (unpaired) electrons. The lowest BCUT2D eigenvalue weighted by molar-refractivity contribution is 0.107. The van der Waals surface area contributed by atoms with Crippen LogP contribution in [0.5, 0.6) is 0 Å². The Morgan fingerprint density at radius 1 is 1.56 bits per heavy atom. The minimum Gasteiger partial charge on any atom is -0.390 e. The predicted molar refractivity (Wildman–Crippen MR) is 63.5 cm³/mol. The molecule has 92 valence electrons. The minimum atomic E-state index is -0.687. The molecule has 0 aliphatic carbocycles. The molecule has 0 amide bonds. The first-order chi connectivity index (χ1) is 7.53. The Morgan fingerprint density at radius 2 is 2.31 bits per heavy atom. The molecule has 16 heavy (non-hydrogen) atoms. The van der Waals surface area contributed by atoms with Gasteiger partial charge in [-0.05, 0) is 20.3 Å². The van der Waals surface area contributed by atoms with E-state index in [4.69, 9.17) is 4.74 Å². The van der Waals surface area contributed by atoms with Gasteiger partial charge in [-0.2, -0.15) is 0 Å². The Bertz CT molecular complexity index is 309. The Morgan fingerprint density at radius 3 is 2.94 bits per heavy atom. The number of nitrogens with zero attached hydrogens (tertiary/aromatic N) is 3. The maximum absolute atomic E-state index is 9.62. The number of methoxy groups -OCH3 is 1. The number of thioether (sulfide) groups is 1. The van der Waals surface area contributed by atoms with E-state index in [1.807, 2.05) is 4.57 Å². The van der Waals surface area contributed by atoms with E-state index in [1.165, 1.54) is 11.8 Å². The minimum absolute atomic E-state index is 0.607. The van der Waals surface area contributed by atoms with Gasteiger partial charge in [0.1, 0.15) is 6.33 Å². The zero-order valence-corrected chi connectivity index (χ0v) is 10.8. The van der Waals surface area contributed by atoms with Crippen molar-refractivity contribution in [3.8, 4) is 0 Å². The summed E-state index contributed by atoms with van der Waals surface area (Å²) in [5.41, 5.74) is -0.687. The molecule has 0 aliphatic rings. The summed E-state index contributed by atoms with van der Waals surface area (Å²) in [6, 6.07) is 0. The van der Waals surface area contributed by atoms with Crippen molar-refractivity contribution in [1.82, 2.24) is 14.8 Å². The summed E-state index contributed by atoms with van der Waals surface area (Å²) >= 11 is 1.52. The number of aliphatic hydroxyl groups is 1. The van der Waals surface area contributed by atoms with E-state index in [0.29, 0.717) is 5.75 Å². The second-order valence-electron chi connectivity index (χ2n) is 4.25. The smallest absolute Gasteiger partial charge is 0.191 e. The Hall–Kier alpha value is -0.590. The average molecular weight is 245 g/mol. The predicted octanol–water partition coefficient (Wildman–Crippen LogP) is 1.18. The summed E-state index contributed by atoms with van der Waals surface area (Å²) < 4.78 is 6.97. The molecule has 0 fully saturated rings. The van der Waals surface area contributed by atoms with Crippen LogP contribution < -0.4 is 0 Å². The standard InChI is InChI=1S/C10H19N3O2S/c1-10(2,14)7-16-9-12-11-8-13(9)5-4-6-15-3/h8,14H,4-7H2,1-3H3. The number of ether oxygens (including phenoxy) is 1. The first-order valence-electron chi connectivity index (χ1n) is 5.25. The maximum Gasteiger partial charge on any atom is 0.191 e. The van der Waals surface area contributed by atoms with Crippen LogP contribution in [0.15, 0.2) is 11.5 Å². The third-order valence-corrected chi connectivity index (χ3v) is 3.31. The van der Waals surface area contributed by atoms with Crippen LogP contribution in [0.25, 0.3) is 0 Å². The van der Waals surface area contributed by atoms with Gasteiger partial charge in [0.15, 0.2) is 5.16 Å². The summed E-state index contributed by atoms with van der Waals surface area (Å²) in [5.74, 6) is 0.607. The molecule has 6 heteroatoms. The Kier molecular flexibility index (Phi) is 5.24. The zero-order valence-electron chi connectivity index (χ0n) is 10.0. The molecule has 0 spiro atoms. The van der Waals surface area contributed by atoms with Gasteiger partial charge in [0.25, 0.3) is 0 Å². The summed E-state index contributed by atoms with van der Waals surface area (Å²) in [6.07, 6.45) is 2.65. The van der Waals surface area contributed by atoms with Crippen LogP contribution in [0.3, 0.4) is 0 Å². The van der Waals surface area contributed by atoms with Crippen molar-refractivity contribution in [1.29, 1.82) is 0 Å². The van der Waals surface area contributed by atoms with E-state index in [1.54, 1.807) is 27.3 Å². The number of aromatic nitrogens is 3. The summed E-state index contributed by atoms with van der Waals surface area (Å²) in [7, 11) is 1.69. The van der Waals surface area contributed by atoms with Crippen molar-refractivity contribution in [3.05, 3.63) is 6.33 Å². The second kappa shape index (κ2) is 6.22. The van der Waals surface area contributed by atoms with Crippen LogP contribution in [0, 0.1) is 0 Å². The molecule has 1 heterocycles. The van der Waals surface area contributed by atoms with Crippen LogP contribution in [-0.4, -0.2) is 44.9 Å². The number of hydrogen-bond donors (Lipinski definition) is 1. The van der Waals surface area contributed by atoms with Gasteiger partial charge >= 0.3 is 0 Å². The number of rotatable bonds is 7. The molecule has 0 aliphatic heterocycles. The van der Waals surface area contributed by atoms with Crippen molar-refractivity contribution in [3.63, 3.8) is 0 Å². The molecule has 0 atom stereocenters. The van der Waals surface area contributed by atoms with Gasteiger partial charge in [0, 0.05) is 26.0 Å². The van der Waals surface area contributed by atoms with Crippen molar-refractivity contribution >= 4 is 11.8 Å². The molecule has 1 aromatic rings. The lowest BCUT2D eigenvalue weighted by Crippen LogP contribution is -2.22. The topological polar surface area (TPSA) is 60.2 Å². The Labute approximate surface area is 100 Å². The molecule has 0 unspecified atom stereocenters. The number of aryl methyl sites for hydroxylation is 1. The monoisotopic (exact) mass is 245 g/mol. The lowest BCUT2D eigenvalue weighted by atomic mass is 10.2. The lowest BCUT2D eigenvalue weighted by Gasteiger charge is -2.15. The van der Waals surface area contributed by atoms with E-state index >= 15 is 0 Å². The van der Waals surface area contributed by atoms with Crippen molar-refractivity contribution in [2.24, 2.45) is 0 Å². The van der Waals surface area contributed by atoms with E-state index in [-0.39, 0.29) is 0 Å². The van der Waals surface area contributed by atoms with E-state index < -0.39 is 5.60 Å². The first-order valence-corrected chi connectivity index (χ1v) is 6.23. The molecule has 0 aromatic carbocycles. The fourth-order valence-corrected chi connectivity index (χ4v) is 2.02. The highest BCUT2D eigenvalue weighted by Gasteiger charge is 2.15. The van der Waals surface area contributed by atoms with Crippen LogP contribution in [0.2, 0.25) is 0 Å².